The van der Waals surface area contributed by atoms with Crippen LogP contribution in [0.5, 0.6) is 0 Å². The molecule has 0 aliphatic rings. The molecule has 0 spiro atoms. The van der Waals surface area contributed by atoms with Gasteiger partial charge in [-0.1, -0.05) is 0 Å². The van der Waals surface area contributed by atoms with Crippen molar-refractivity contribution in [3.63, 3.8) is 0 Å². The average molecular weight is 120 g/mol. The number of hydrogen-bond acceptors (Lipinski definition) is 0. The molecule has 9 heavy (non-hydrogen) atoms. The Labute approximate surface area is 54.2 Å². The first kappa shape index (κ1) is 6.21. The summed E-state index contributed by atoms with van der Waals surface area (Å²) in [6.07, 6.45) is 0. The molecule has 1 aromatic carbocycles. The van der Waals surface area contributed by atoms with E-state index in [0.29, 0.717) is 5.46 Å². The Hall–Kier alpha value is -0.915. The van der Waals surface area contributed by atoms with Crippen LogP contribution in [0.1, 0.15) is 0 Å². The van der Waals surface area contributed by atoms with Crippen LogP contribution in [-0.2, 0) is 0 Å². The van der Waals surface area contributed by atoms with Crippen LogP contribution in [0.2, 0.25) is 0 Å². The zero-order valence-electron chi connectivity index (χ0n) is 4.97. The van der Waals surface area contributed by atoms with Crippen molar-refractivity contribution in [2.24, 2.45) is 0 Å². The molecule has 44 valence electrons. The molecule has 0 atom stereocenters. The maximum absolute atomic E-state index is 12.5. The fourth-order valence-corrected chi connectivity index (χ4v) is 0.641. The van der Waals surface area contributed by atoms with E-state index in [1.54, 1.807) is 18.2 Å². The second kappa shape index (κ2) is 2.58. The third-order valence-corrected chi connectivity index (χ3v) is 1.13. The van der Waals surface area contributed by atoms with Gasteiger partial charge in [0.25, 0.3) is 0 Å². The first-order valence-electron chi connectivity index (χ1n) is 2.71. The molecule has 0 unspecified atom stereocenters. The van der Waals surface area contributed by atoms with Gasteiger partial charge in [-0.25, -0.2) is 0 Å². The second-order valence-electron chi connectivity index (χ2n) is 1.73. The van der Waals surface area contributed by atoms with Crippen LogP contribution in [-0.4, -0.2) is 13.4 Å². The van der Waals surface area contributed by atoms with Crippen molar-refractivity contribution in [3.8, 4) is 0 Å². The van der Waals surface area contributed by atoms with E-state index in [-0.39, 0.29) is 5.82 Å². The van der Waals surface area contributed by atoms with Crippen LogP contribution in [0.3, 0.4) is 0 Å². The van der Waals surface area contributed by atoms with Gasteiger partial charge in [0.2, 0.25) is 0 Å². The molecule has 0 nitrogen and oxygen atoms in total. The van der Waals surface area contributed by atoms with Crippen LogP contribution >= 0.6 is 0 Å². The molecule has 0 saturated heterocycles. The van der Waals surface area contributed by atoms with E-state index in [2.05, 4.69) is 6.47 Å². The molecule has 1 aromatic rings. The summed E-state index contributed by atoms with van der Waals surface area (Å²) in [6.45, 7) is 4.95. The number of hydrogen-bond donors (Lipinski definition) is 0. The molecule has 0 amide bonds. The summed E-state index contributed by atoms with van der Waals surface area (Å²) in [7, 11) is 0. The van der Waals surface area contributed by atoms with Crippen LogP contribution in [0.15, 0.2) is 24.3 Å². The van der Waals surface area contributed by atoms with E-state index in [1.807, 2.05) is 0 Å². The number of rotatable bonds is 1. The average Bonchev–Trinajstić information content (AvgIpc) is 1.89. The molecule has 0 heterocycles. The minimum atomic E-state index is -0.215. The second-order valence-corrected chi connectivity index (χ2v) is 1.73. The Morgan fingerprint density at radius 3 is 2.44 bits per heavy atom. The fourth-order valence-electron chi connectivity index (χ4n) is 0.641. The molecule has 0 fully saturated rings. The minimum absolute atomic E-state index is 0.215. The summed E-state index contributed by atoms with van der Waals surface area (Å²) in [5.74, 6) is -0.215. The van der Waals surface area contributed by atoms with E-state index in [1.165, 1.54) is 13.0 Å². The quantitative estimate of drug-likeness (QED) is 0.475. The molecule has 0 radical (unpaired) electrons. The molecule has 1 rings (SSSR count). The number of benzene rings is 1. The van der Waals surface area contributed by atoms with Gasteiger partial charge >= 0.3 is 53.3 Å². The van der Waals surface area contributed by atoms with Crippen molar-refractivity contribution in [2.75, 3.05) is 0 Å². The van der Waals surface area contributed by atoms with Crippen molar-refractivity contribution in [3.05, 3.63) is 30.1 Å². The van der Waals surface area contributed by atoms with Gasteiger partial charge in [0.15, 0.2) is 0 Å². The summed E-state index contributed by atoms with van der Waals surface area (Å²) in [5.41, 5.74) is 0.553. The zero-order chi connectivity index (χ0) is 6.69. The van der Waals surface area contributed by atoms with Crippen LogP contribution < -0.4 is 5.46 Å². The van der Waals surface area contributed by atoms with Crippen LogP contribution in [0.25, 0.3) is 0 Å². The molecule has 0 aliphatic carbocycles. The molecule has 0 aliphatic heterocycles. The van der Waals surface area contributed by atoms with Gasteiger partial charge in [0.1, 0.15) is 0 Å². The van der Waals surface area contributed by atoms with Gasteiger partial charge in [-0.15, -0.1) is 0 Å². The maximum atomic E-state index is 12.5. The zero-order valence-corrected chi connectivity index (χ0v) is 4.97. The first-order valence-corrected chi connectivity index (χ1v) is 2.71. The van der Waals surface area contributed by atoms with Gasteiger partial charge in [0.05, 0.1) is 0 Å². The van der Waals surface area contributed by atoms with E-state index in [9.17, 15) is 4.39 Å². The monoisotopic (exact) mass is 120 g/mol. The van der Waals surface area contributed by atoms with E-state index < -0.39 is 0 Å². The van der Waals surface area contributed by atoms with E-state index in [0.717, 1.165) is 0 Å². The third-order valence-electron chi connectivity index (χ3n) is 1.13. The van der Waals surface area contributed by atoms with Crippen molar-refractivity contribution < 1.29 is 4.39 Å². The van der Waals surface area contributed by atoms with Crippen molar-refractivity contribution in [1.82, 2.24) is 0 Å². The predicted octanol–water partition coefficient (Wildman–Crippen LogP) is 0.587. The van der Waals surface area contributed by atoms with Crippen LogP contribution in [0, 0.1) is 5.82 Å². The Balaban J connectivity index is 3.15. The molecule has 0 bridgehead atoms. The SMILES string of the molecule is C=Bc1ccccc1F. The van der Waals surface area contributed by atoms with E-state index in [4.69, 9.17) is 0 Å². The molecular formula is C7H6BF. The molecule has 0 aromatic heterocycles. The van der Waals surface area contributed by atoms with Gasteiger partial charge < -0.3 is 0 Å². The van der Waals surface area contributed by atoms with Crippen molar-refractivity contribution in [1.29, 1.82) is 0 Å². The third kappa shape index (κ3) is 1.25. The Morgan fingerprint density at radius 1 is 1.33 bits per heavy atom. The van der Waals surface area contributed by atoms with Gasteiger partial charge in [-0.2, -0.15) is 0 Å². The molecule has 2 heteroatoms. The molecule has 0 N–H and O–H groups in total. The topological polar surface area (TPSA) is 0 Å². The summed E-state index contributed by atoms with van der Waals surface area (Å²) in [4.78, 5) is 0. The summed E-state index contributed by atoms with van der Waals surface area (Å²) in [5, 5.41) is 0. The number of halogens is 1. The summed E-state index contributed by atoms with van der Waals surface area (Å²) >= 11 is 0. The Kier molecular flexibility index (Phi) is 1.78. The predicted molar refractivity (Wildman–Crippen MR) is 38.9 cm³/mol. The van der Waals surface area contributed by atoms with Crippen molar-refractivity contribution in [2.45, 2.75) is 0 Å². The normalized spacial score (nSPS) is 8.56. The van der Waals surface area contributed by atoms with Gasteiger partial charge in [-0.3, -0.25) is 0 Å². The van der Waals surface area contributed by atoms with Gasteiger partial charge in [-0.05, 0) is 0 Å². The molecular weight excluding hydrogens is 114 g/mol. The summed E-state index contributed by atoms with van der Waals surface area (Å²) < 4.78 is 12.5. The first-order chi connectivity index (χ1) is 4.34. The standard InChI is InChI=1S/C7H6BF/c1-8-6-4-2-3-5-7(6)9/h2-5H,1H2. The fraction of sp³-hybridized carbons (Fsp3) is 0. The van der Waals surface area contributed by atoms with Crippen molar-refractivity contribution >= 4 is 18.9 Å². The van der Waals surface area contributed by atoms with E-state index >= 15 is 0 Å². The van der Waals surface area contributed by atoms with Gasteiger partial charge in [0, 0.05) is 0 Å². The Morgan fingerprint density at radius 2 is 2.00 bits per heavy atom. The Bertz CT molecular complexity index is 220. The summed E-state index contributed by atoms with van der Waals surface area (Å²) in [6, 6.07) is 6.53. The van der Waals surface area contributed by atoms with Crippen LogP contribution in [0.4, 0.5) is 4.39 Å². The molecule has 0 saturated carbocycles.